The van der Waals surface area contributed by atoms with Crippen molar-refractivity contribution in [3.8, 4) is 0 Å². The lowest BCUT2D eigenvalue weighted by Crippen LogP contribution is -2.26. The van der Waals surface area contributed by atoms with Gasteiger partial charge in [0.15, 0.2) is 0 Å². The Labute approximate surface area is 158 Å². The molecule has 0 radical (unpaired) electrons. The number of thioether (sulfide) groups is 1. The SMILES string of the molecule is COC(=O)c1cc(C(=O)NCCSc2ccc(Cl)cc2)cc([N+](=O)[O-])c1. The summed E-state index contributed by atoms with van der Waals surface area (Å²) in [5.74, 6) is -0.650. The quantitative estimate of drug-likeness (QED) is 0.253. The molecular weight excluding hydrogens is 380 g/mol. The Hall–Kier alpha value is -2.58. The minimum atomic E-state index is -0.749. The van der Waals surface area contributed by atoms with Crippen LogP contribution in [0, 0.1) is 10.1 Å². The molecule has 0 atom stereocenters. The third-order valence-electron chi connectivity index (χ3n) is 3.28. The van der Waals surface area contributed by atoms with E-state index in [1.165, 1.54) is 17.8 Å². The number of nitro benzene ring substituents is 1. The van der Waals surface area contributed by atoms with Gasteiger partial charge in [-0.15, -0.1) is 11.8 Å². The highest BCUT2D eigenvalue weighted by atomic mass is 35.5. The fourth-order valence-corrected chi connectivity index (χ4v) is 2.94. The van der Waals surface area contributed by atoms with E-state index in [-0.39, 0.29) is 16.8 Å². The van der Waals surface area contributed by atoms with E-state index < -0.39 is 16.8 Å². The number of esters is 1. The van der Waals surface area contributed by atoms with Crippen molar-refractivity contribution in [1.82, 2.24) is 5.32 Å². The van der Waals surface area contributed by atoms with Gasteiger partial charge < -0.3 is 10.1 Å². The Morgan fingerprint density at radius 3 is 2.46 bits per heavy atom. The highest BCUT2D eigenvalue weighted by molar-refractivity contribution is 7.99. The van der Waals surface area contributed by atoms with E-state index >= 15 is 0 Å². The van der Waals surface area contributed by atoms with Crippen molar-refractivity contribution in [2.24, 2.45) is 0 Å². The molecule has 2 aromatic rings. The second-order valence-electron chi connectivity index (χ2n) is 5.08. The van der Waals surface area contributed by atoms with Crippen LogP contribution in [0.2, 0.25) is 5.02 Å². The topological polar surface area (TPSA) is 98.5 Å². The number of methoxy groups -OCH3 is 1. The van der Waals surface area contributed by atoms with E-state index in [1.54, 1.807) is 12.1 Å². The van der Waals surface area contributed by atoms with Crippen LogP contribution in [0.5, 0.6) is 0 Å². The highest BCUT2D eigenvalue weighted by Gasteiger charge is 2.18. The number of carbonyl (C=O) groups is 2. The Morgan fingerprint density at radius 1 is 1.19 bits per heavy atom. The summed E-state index contributed by atoms with van der Waals surface area (Å²) in [5.41, 5.74) is -0.382. The molecule has 0 aliphatic rings. The van der Waals surface area contributed by atoms with E-state index in [1.807, 2.05) is 12.1 Å². The molecule has 0 spiro atoms. The van der Waals surface area contributed by atoms with Gasteiger partial charge in [-0.05, 0) is 30.3 Å². The first-order valence-corrected chi connectivity index (χ1v) is 8.81. The summed E-state index contributed by atoms with van der Waals surface area (Å²) in [6.45, 7) is 0.350. The van der Waals surface area contributed by atoms with Gasteiger partial charge in [-0.2, -0.15) is 0 Å². The zero-order valence-corrected chi connectivity index (χ0v) is 15.3. The third-order valence-corrected chi connectivity index (χ3v) is 4.55. The summed E-state index contributed by atoms with van der Waals surface area (Å²) >= 11 is 7.35. The van der Waals surface area contributed by atoms with E-state index in [9.17, 15) is 19.7 Å². The van der Waals surface area contributed by atoms with Gasteiger partial charge in [-0.25, -0.2) is 4.79 Å². The number of carbonyl (C=O) groups excluding carboxylic acids is 2. The van der Waals surface area contributed by atoms with Crippen LogP contribution in [-0.2, 0) is 4.74 Å². The zero-order valence-electron chi connectivity index (χ0n) is 13.7. The third kappa shape index (κ3) is 5.47. The molecule has 7 nitrogen and oxygen atoms in total. The average molecular weight is 395 g/mol. The first-order valence-electron chi connectivity index (χ1n) is 7.45. The lowest BCUT2D eigenvalue weighted by molar-refractivity contribution is -0.384. The van der Waals surface area contributed by atoms with E-state index in [2.05, 4.69) is 10.1 Å². The van der Waals surface area contributed by atoms with Crippen molar-refractivity contribution in [1.29, 1.82) is 0 Å². The Bertz CT molecular complexity index is 826. The molecule has 0 fully saturated rings. The van der Waals surface area contributed by atoms with E-state index in [0.29, 0.717) is 17.3 Å². The Balaban J connectivity index is 1.99. The zero-order chi connectivity index (χ0) is 19.1. The number of benzene rings is 2. The molecule has 0 aromatic heterocycles. The van der Waals surface area contributed by atoms with Gasteiger partial charge in [0.05, 0.1) is 17.6 Å². The maximum Gasteiger partial charge on any atom is 0.338 e. The maximum atomic E-state index is 12.2. The number of non-ortho nitro benzene ring substituents is 1. The summed E-state index contributed by atoms with van der Waals surface area (Å²) in [7, 11) is 1.16. The van der Waals surface area contributed by atoms with Crippen molar-refractivity contribution in [2.45, 2.75) is 4.90 Å². The summed E-state index contributed by atoms with van der Waals surface area (Å²) in [6, 6.07) is 10.8. The molecule has 1 amide bonds. The largest absolute Gasteiger partial charge is 0.465 e. The number of rotatable bonds is 7. The first kappa shape index (κ1) is 19.7. The van der Waals surface area contributed by atoms with Crippen LogP contribution in [0.1, 0.15) is 20.7 Å². The number of nitro groups is 1. The smallest absolute Gasteiger partial charge is 0.338 e. The molecule has 1 N–H and O–H groups in total. The minimum absolute atomic E-state index is 0.0242. The van der Waals surface area contributed by atoms with Gasteiger partial charge >= 0.3 is 5.97 Å². The second kappa shape index (κ2) is 9.21. The standard InChI is InChI=1S/C17H15ClN2O5S/c1-25-17(22)12-8-11(9-14(10-12)20(23)24)16(21)19-6-7-26-15-4-2-13(18)3-5-15/h2-5,8-10H,6-7H2,1H3,(H,19,21). The predicted molar refractivity (Wildman–Crippen MR) is 98.9 cm³/mol. The molecule has 2 aromatic carbocycles. The molecule has 0 saturated heterocycles. The van der Waals surface area contributed by atoms with Crippen LogP contribution >= 0.6 is 23.4 Å². The van der Waals surface area contributed by atoms with Crippen LogP contribution in [0.25, 0.3) is 0 Å². The van der Waals surface area contributed by atoms with Crippen molar-refractivity contribution in [3.05, 3.63) is 68.7 Å². The predicted octanol–water partition coefficient (Wildman–Crippen LogP) is 3.56. The van der Waals surface area contributed by atoms with Gasteiger partial charge in [0.25, 0.3) is 11.6 Å². The number of nitrogens with zero attached hydrogens (tertiary/aromatic N) is 1. The van der Waals surface area contributed by atoms with Crippen LogP contribution in [0.15, 0.2) is 47.4 Å². The summed E-state index contributed by atoms with van der Waals surface area (Å²) in [5, 5.41) is 14.3. The molecule has 0 unspecified atom stereocenters. The van der Waals surface area contributed by atoms with Crippen LogP contribution in [0.4, 0.5) is 5.69 Å². The Morgan fingerprint density at radius 2 is 1.85 bits per heavy atom. The monoisotopic (exact) mass is 394 g/mol. The van der Waals surface area contributed by atoms with E-state index in [4.69, 9.17) is 11.6 Å². The van der Waals surface area contributed by atoms with Crippen molar-refractivity contribution in [3.63, 3.8) is 0 Å². The highest BCUT2D eigenvalue weighted by Crippen LogP contribution is 2.20. The molecule has 136 valence electrons. The van der Waals surface area contributed by atoms with Gasteiger partial charge in [-0.1, -0.05) is 11.6 Å². The van der Waals surface area contributed by atoms with Crippen LogP contribution < -0.4 is 5.32 Å². The molecule has 2 rings (SSSR count). The molecular formula is C17H15ClN2O5S. The molecule has 0 saturated carbocycles. The average Bonchev–Trinajstić information content (AvgIpc) is 2.65. The lowest BCUT2D eigenvalue weighted by Gasteiger charge is -2.07. The Kier molecular flexibility index (Phi) is 6.99. The number of halogens is 1. The number of hydrogen-bond donors (Lipinski definition) is 1. The molecule has 0 bridgehead atoms. The fourth-order valence-electron chi connectivity index (χ4n) is 2.05. The maximum absolute atomic E-state index is 12.2. The normalized spacial score (nSPS) is 10.2. The number of hydrogen-bond acceptors (Lipinski definition) is 6. The number of nitrogens with one attached hydrogen (secondary N) is 1. The summed E-state index contributed by atoms with van der Waals surface area (Å²) < 4.78 is 4.56. The van der Waals surface area contributed by atoms with Gasteiger partial charge in [0, 0.05) is 39.9 Å². The molecule has 0 aliphatic heterocycles. The first-order chi connectivity index (χ1) is 12.4. The minimum Gasteiger partial charge on any atom is -0.465 e. The van der Waals surface area contributed by atoms with Crippen molar-refractivity contribution < 1.29 is 19.2 Å². The lowest BCUT2D eigenvalue weighted by atomic mass is 10.1. The second-order valence-corrected chi connectivity index (χ2v) is 6.68. The number of amides is 1. The van der Waals surface area contributed by atoms with Gasteiger partial charge in [0.1, 0.15) is 0 Å². The molecule has 0 heterocycles. The van der Waals surface area contributed by atoms with Crippen molar-refractivity contribution >= 4 is 40.9 Å². The van der Waals surface area contributed by atoms with Crippen LogP contribution in [0.3, 0.4) is 0 Å². The summed E-state index contributed by atoms with van der Waals surface area (Å²) in [6.07, 6.45) is 0. The van der Waals surface area contributed by atoms with E-state index in [0.717, 1.165) is 24.1 Å². The molecule has 26 heavy (non-hydrogen) atoms. The van der Waals surface area contributed by atoms with Gasteiger partial charge in [0.2, 0.25) is 0 Å². The van der Waals surface area contributed by atoms with Crippen LogP contribution in [-0.4, -0.2) is 36.2 Å². The number of ether oxygens (including phenoxy) is 1. The summed E-state index contributed by atoms with van der Waals surface area (Å²) in [4.78, 5) is 35.2. The molecule has 9 heteroatoms. The fraction of sp³-hybridized carbons (Fsp3) is 0.176. The van der Waals surface area contributed by atoms with Crippen molar-refractivity contribution in [2.75, 3.05) is 19.4 Å². The van der Waals surface area contributed by atoms with Gasteiger partial charge in [-0.3, -0.25) is 14.9 Å². The molecule has 0 aliphatic carbocycles.